The van der Waals surface area contributed by atoms with E-state index in [0.717, 1.165) is 25.9 Å². The second-order valence-electron chi connectivity index (χ2n) is 5.51. The molecule has 0 radical (unpaired) electrons. The van der Waals surface area contributed by atoms with Crippen LogP contribution in [0, 0.1) is 5.41 Å². The van der Waals surface area contributed by atoms with Gasteiger partial charge in [0.15, 0.2) is 0 Å². The molecule has 0 atom stereocenters. The van der Waals surface area contributed by atoms with Gasteiger partial charge in [-0.15, -0.1) is 0 Å². The van der Waals surface area contributed by atoms with Crippen LogP contribution in [0.3, 0.4) is 0 Å². The average molecular weight is 268 g/mol. The fraction of sp³-hybridized carbons (Fsp3) is 0.846. The summed E-state index contributed by atoms with van der Waals surface area (Å²) >= 11 is 0. The molecule has 2 aliphatic rings. The lowest BCUT2D eigenvalue weighted by Crippen LogP contribution is -2.53. The fourth-order valence-electron chi connectivity index (χ4n) is 2.56. The lowest BCUT2D eigenvalue weighted by molar-refractivity contribution is -0.138. The summed E-state index contributed by atoms with van der Waals surface area (Å²) in [6, 6.07) is 0. The van der Waals surface area contributed by atoms with Crippen molar-refractivity contribution in [2.24, 2.45) is 11.1 Å². The first-order chi connectivity index (χ1) is 9.11. The Bertz CT molecular complexity index is 347. The molecule has 1 aliphatic carbocycles. The van der Waals surface area contributed by atoms with Gasteiger partial charge in [-0.05, 0) is 19.8 Å². The molecule has 6 nitrogen and oxygen atoms in total. The van der Waals surface area contributed by atoms with Crippen molar-refractivity contribution in [3.05, 3.63) is 0 Å². The van der Waals surface area contributed by atoms with Gasteiger partial charge < -0.3 is 16.0 Å². The first-order valence-electron chi connectivity index (χ1n) is 7.10. The summed E-state index contributed by atoms with van der Waals surface area (Å²) in [4.78, 5) is 27.8. The van der Waals surface area contributed by atoms with Gasteiger partial charge >= 0.3 is 0 Å². The van der Waals surface area contributed by atoms with Crippen molar-refractivity contribution in [2.75, 3.05) is 45.8 Å². The monoisotopic (exact) mass is 268 g/mol. The van der Waals surface area contributed by atoms with E-state index in [1.54, 1.807) is 0 Å². The van der Waals surface area contributed by atoms with E-state index < -0.39 is 0 Å². The Balaban J connectivity index is 1.76. The minimum Gasteiger partial charge on any atom is -0.355 e. The number of rotatable bonds is 5. The normalized spacial score (nSPS) is 22.1. The maximum absolute atomic E-state index is 12.3. The van der Waals surface area contributed by atoms with Crippen LogP contribution in [-0.2, 0) is 9.59 Å². The third-order valence-electron chi connectivity index (χ3n) is 4.10. The van der Waals surface area contributed by atoms with Gasteiger partial charge in [-0.25, -0.2) is 0 Å². The maximum atomic E-state index is 12.3. The van der Waals surface area contributed by atoms with Crippen molar-refractivity contribution in [3.8, 4) is 0 Å². The molecule has 3 N–H and O–H groups in total. The molecule has 0 aromatic heterocycles. The van der Waals surface area contributed by atoms with Crippen LogP contribution < -0.4 is 11.1 Å². The van der Waals surface area contributed by atoms with Crippen molar-refractivity contribution >= 4 is 11.8 Å². The molecule has 1 heterocycles. The molecule has 19 heavy (non-hydrogen) atoms. The molecule has 2 rings (SSSR count). The first kappa shape index (κ1) is 14.3. The van der Waals surface area contributed by atoms with Gasteiger partial charge in [-0.3, -0.25) is 14.5 Å². The number of nitrogens with two attached hydrogens (primary N) is 1. The fourth-order valence-corrected chi connectivity index (χ4v) is 2.56. The average Bonchev–Trinajstić information content (AvgIpc) is 3.20. The summed E-state index contributed by atoms with van der Waals surface area (Å²) in [7, 11) is 0. The highest BCUT2D eigenvalue weighted by atomic mass is 16.2. The minimum absolute atomic E-state index is 0.0582. The van der Waals surface area contributed by atoms with E-state index in [1.807, 2.05) is 11.8 Å². The Morgan fingerprint density at radius 3 is 2.32 bits per heavy atom. The van der Waals surface area contributed by atoms with Crippen molar-refractivity contribution in [1.29, 1.82) is 0 Å². The summed E-state index contributed by atoms with van der Waals surface area (Å²) in [5, 5.41) is 2.79. The number of amides is 2. The zero-order valence-electron chi connectivity index (χ0n) is 11.7. The van der Waals surface area contributed by atoms with Crippen molar-refractivity contribution in [3.63, 3.8) is 0 Å². The molecule has 0 aromatic carbocycles. The number of hydrogen-bond donors (Lipinski definition) is 2. The van der Waals surface area contributed by atoms with Gasteiger partial charge in [0.25, 0.3) is 0 Å². The Hall–Kier alpha value is -1.14. The summed E-state index contributed by atoms with van der Waals surface area (Å²) in [5.74, 6) is 0.274. The summed E-state index contributed by atoms with van der Waals surface area (Å²) in [5.41, 5.74) is 5.44. The molecule has 0 spiro atoms. The summed E-state index contributed by atoms with van der Waals surface area (Å²) in [6.45, 7) is 6.42. The number of hydrogen-bond acceptors (Lipinski definition) is 4. The van der Waals surface area contributed by atoms with E-state index in [1.165, 1.54) is 0 Å². The van der Waals surface area contributed by atoms with Crippen LogP contribution in [0.4, 0.5) is 0 Å². The standard InChI is InChI=1S/C13H24N4O2/c1-2-15-11(18)9-16-5-7-17(8-6-16)12(19)13(10-14)3-4-13/h2-10,14H2,1H3,(H,15,18). The molecule has 6 heteroatoms. The van der Waals surface area contributed by atoms with Crippen LogP contribution in [0.2, 0.25) is 0 Å². The Morgan fingerprint density at radius 2 is 1.84 bits per heavy atom. The molecule has 1 saturated carbocycles. The van der Waals surface area contributed by atoms with E-state index in [0.29, 0.717) is 32.7 Å². The van der Waals surface area contributed by atoms with Crippen molar-refractivity contribution in [2.45, 2.75) is 19.8 Å². The SMILES string of the molecule is CCNC(=O)CN1CCN(C(=O)C2(CN)CC2)CC1. The van der Waals surface area contributed by atoms with E-state index in [4.69, 9.17) is 5.73 Å². The predicted molar refractivity (Wildman–Crippen MR) is 72.4 cm³/mol. The molecule has 108 valence electrons. The van der Waals surface area contributed by atoms with Crippen LogP contribution in [0.25, 0.3) is 0 Å². The lowest BCUT2D eigenvalue weighted by atomic mass is 10.1. The van der Waals surface area contributed by atoms with Crippen molar-refractivity contribution < 1.29 is 9.59 Å². The second-order valence-corrected chi connectivity index (χ2v) is 5.51. The predicted octanol–water partition coefficient (Wildman–Crippen LogP) is -0.994. The molecule has 0 aromatic rings. The first-order valence-corrected chi connectivity index (χ1v) is 7.10. The van der Waals surface area contributed by atoms with Gasteiger partial charge in [0.05, 0.1) is 12.0 Å². The van der Waals surface area contributed by atoms with Crippen LogP contribution in [0.5, 0.6) is 0 Å². The molecular formula is C13H24N4O2. The van der Waals surface area contributed by atoms with Crippen molar-refractivity contribution in [1.82, 2.24) is 15.1 Å². The largest absolute Gasteiger partial charge is 0.355 e. The quantitative estimate of drug-likeness (QED) is 0.671. The Morgan fingerprint density at radius 1 is 1.21 bits per heavy atom. The van der Waals surface area contributed by atoms with E-state index in [2.05, 4.69) is 10.2 Å². The van der Waals surface area contributed by atoms with Crippen LogP contribution in [0.1, 0.15) is 19.8 Å². The zero-order chi connectivity index (χ0) is 13.9. The molecule has 2 fully saturated rings. The number of piperazine rings is 1. The smallest absolute Gasteiger partial charge is 0.234 e. The number of nitrogens with zero attached hydrogens (tertiary/aromatic N) is 2. The third kappa shape index (κ3) is 3.25. The van der Waals surface area contributed by atoms with Crippen LogP contribution in [0.15, 0.2) is 0 Å². The molecule has 0 bridgehead atoms. The summed E-state index contributed by atoms with van der Waals surface area (Å²) in [6.07, 6.45) is 1.86. The van der Waals surface area contributed by atoms with Gasteiger partial charge in [0, 0.05) is 39.3 Å². The van der Waals surface area contributed by atoms with E-state index in [9.17, 15) is 9.59 Å². The maximum Gasteiger partial charge on any atom is 0.234 e. The van der Waals surface area contributed by atoms with E-state index in [-0.39, 0.29) is 17.2 Å². The van der Waals surface area contributed by atoms with Crippen LogP contribution in [-0.4, -0.2) is 67.4 Å². The molecule has 2 amide bonds. The zero-order valence-corrected chi connectivity index (χ0v) is 11.7. The highest BCUT2D eigenvalue weighted by molar-refractivity contribution is 5.85. The van der Waals surface area contributed by atoms with Gasteiger partial charge in [-0.1, -0.05) is 0 Å². The summed E-state index contributed by atoms with van der Waals surface area (Å²) < 4.78 is 0. The second kappa shape index (κ2) is 5.88. The highest BCUT2D eigenvalue weighted by Gasteiger charge is 2.50. The minimum atomic E-state index is -0.248. The third-order valence-corrected chi connectivity index (χ3v) is 4.10. The Labute approximate surface area is 114 Å². The molecule has 1 saturated heterocycles. The van der Waals surface area contributed by atoms with Gasteiger partial charge in [0.1, 0.15) is 0 Å². The highest BCUT2D eigenvalue weighted by Crippen LogP contribution is 2.46. The van der Waals surface area contributed by atoms with Gasteiger partial charge in [0.2, 0.25) is 11.8 Å². The van der Waals surface area contributed by atoms with Crippen LogP contribution >= 0.6 is 0 Å². The Kier molecular flexibility index (Phi) is 4.42. The molecule has 1 aliphatic heterocycles. The molecular weight excluding hydrogens is 244 g/mol. The number of likely N-dealkylation sites (N-methyl/N-ethyl adjacent to an activating group) is 1. The topological polar surface area (TPSA) is 78.7 Å². The van der Waals surface area contributed by atoms with E-state index >= 15 is 0 Å². The number of carbonyl (C=O) groups is 2. The number of nitrogens with one attached hydrogen (secondary N) is 1. The molecule has 0 unspecified atom stereocenters. The van der Waals surface area contributed by atoms with Gasteiger partial charge in [-0.2, -0.15) is 0 Å². The number of carbonyl (C=O) groups excluding carboxylic acids is 2. The lowest BCUT2D eigenvalue weighted by Gasteiger charge is -2.36.